The van der Waals surface area contributed by atoms with Crippen molar-refractivity contribution >= 4 is 5.90 Å². The van der Waals surface area contributed by atoms with E-state index < -0.39 is 0 Å². The molecule has 0 spiro atoms. The summed E-state index contributed by atoms with van der Waals surface area (Å²) in [7, 11) is 0. The fourth-order valence-electron chi connectivity index (χ4n) is 2.28. The SMILES string of the molecule is CC(C)(C)CC1=NCCC(C)(c2ccccc2)O1. The third kappa shape index (κ3) is 3.12. The lowest BCUT2D eigenvalue weighted by Crippen LogP contribution is -2.35. The molecule has 2 rings (SSSR count). The van der Waals surface area contributed by atoms with E-state index in [1.165, 1.54) is 5.56 Å². The predicted octanol–water partition coefficient (Wildman–Crippen LogP) is 4.16. The maximum atomic E-state index is 6.19. The highest BCUT2D eigenvalue weighted by atomic mass is 16.5. The molecule has 0 radical (unpaired) electrons. The van der Waals surface area contributed by atoms with Gasteiger partial charge in [-0.1, -0.05) is 51.1 Å². The minimum Gasteiger partial charge on any atom is -0.470 e. The number of hydrogen-bond donors (Lipinski definition) is 0. The lowest BCUT2D eigenvalue weighted by atomic mass is 9.89. The van der Waals surface area contributed by atoms with E-state index in [0.29, 0.717) is 0 Å². The molecule has 98 valence electrons. The molecule has 1 atom stereocenters. The highest BCUT2D eigenvalue weighted by Crippen LogP contribution is 2.34. The Morgan fingerprint density at radius 1 is 1.22 bits per heavy atom. The van der Waals surface area contributed by atoms with Gasteiger partial charge in [0.25, 0.3) is 0 Å². The summed E-state index contributed by atoms with van der Waals surface area (Å²) >= 11 is 0. The van der Waals surface area contributed by atoms with Crippen LogP contribution in [0.3, 0.4) is 0 Å². The summed E-state index contributed by atoms with van der Waals surface area (Å²) in [4.78, 5) is 4.53. The van der Waals surface area contributed by atoms with E-state index in [2.05, 4.69) is 57.0 Å². The molecule has 0 aromatic heterocycles. The van der Waals surface area contributed by atoms with Crippen molar-refractivity contribution in [3.05, 3.63) is 35.9 Å². The van der Waals surface area contributed by atoms with Gasteiger partial charge in [0.15, 0.2) is 5.90 Å². The quantitative estimate of drug-likeness (QED) is 0.766. The van der Waals surface area contributed by atoms with Crippen LogP contribution >= 0.6 is 0 Å². The third-order valence-corrected chi connectivity index (χ3v) is 3.29. The number of aliphatic imine (C=N–C) groups is 1. The van der Waals surface area contributed by atoms with Crippen LogP contribution in [-0.4, -0.2) is 12.4 Å². The largest absolute Gasteiger partial charge is 0.470 e. The van der Waals surface area contributed by atoms with Crippen molar-refractivity contribution in [3.8, 4) is 0 Å². The van der Waals surface area contributed by atoms with Gasteiger partial charge in [0, 0.05) is 19.4 Å². The molecule has 1 aromatic carbocycles. The second-order valence-electron chi connectivity index (χ2n) is 6.46. The highest BCUT2D eigenvalue weighted by molar-refractivity contribution is 5.78. The Morgan fingerprint density at radius 3 is 2.50 bits per heavy atom. The van der Waals surface area contributed by atoms with Gasteiger partial charge < -0.3 is 4.74 Å². The van der Waals surface area contributed by atoms with E-state index in [1.807, 2.05) is 6.07 Å². The molecule has 0 aliphatic carbocycles. The predicted molar refractivity (Wildman–Crippen MR) is 75.9 cm³/mol. The minimum absolute atomic E-state index is 0.216. The zero-order chi connectivity index (χ0) is 13.2. The van der Waals surface area contributed by atoms with Crippen LogP contribution < -0.4 is 0 Å². The van der Waals surface area contributed by atoms with Crippen LogP contribution in [0.25, 0.3) is 0 Å². The van der Waals surface area contributed by atoms with E-state index >= 15 is 0 Å². The van der Waals surface area contributed by atoms with Crippen LogP contribution in [0.5, 0.6) is 0 Å². The van der Waals surface area contributed by atoms with Crippen LogP contribution in [0.15, 0.2) is 35.3 Å². The number of ether oxygens (including phenoxy) is 1. The molecule has 0 saturated carbocycles. The summed E-state index contributed by atoms with van der Waals surface area (Å²) in [6.07, 6.45) is 1.85. The van der Waals surface area contributed by atoms with Crippen LogP contribution in [-0.2, 0) is 10.3 Å². The summed E-state index contributed by atoms with van der Waals surface area (Å²) in [6.45, 7) is 9.67. The second-order valence-corrected chi connectivity index (χ2v) is 6.46. The topological polar surface area (TPSA) is 21.6 Å². The smallest absolute Gasteiger partial charge is 0.184 e. The molecule has 1 aliphatic heterocycles. The minimum atomic E-state index is -0.219. The maximum absolute atomic E-state index is 6.19. The fraction of sp³-hybridized carbons (Fsp3) is 0.562. The van der Waals surface area contributed by atoms with Gasteiger partial charge in [0.05, 0.1) is 0 Å². The number of nitrogens with zero attached hydrogens (tertiary/aromatic N) is 1. The lowest BCUT2D eigenvalue weighted by Gasteiger charge is -2.36. The van der Waals surface area contributed by atoms with Crippen molar-refractivity contribution in [2.75, 3.05) is 6.54 Å². The average Bonchev–Trinajstić information content (AvgIpc) is 2.28. The zero-order valence-electron chi connectivity index (χ0n) is 11.9. The Kier molecular flexibility index (Phi) is 3.47. The molecule has 1 aliphatic rings. The molecule has 2 heteroatoms. The zero-order valence-corrected chi connectivity index (χ0v) is 11.9. The Labute approximate surface area is 110 Å². The Bertz CT molecular complexity index is 430. The molecule has 0 saturated heterocycles. The summed E-state index contributed by atoms with van der Waals surface area (Å²) in [5, 5.41) is 0. The Hall–Kier alpha value is -1.31. The second kappa shape index (κ2) is 4.75. The molecule has 1 heterocycles. The average molecular weight is 245 g/mol. The van der Waals surface area contributed by atoms with Crippen LogP contribution in [0.1, 0.15) is 46.1 Å². The molecule has 2 nitrogen and oxygen atoms in total. The van der Waals surface area contributed by atoms with Gasteiger partial charge in [-0.2, -0.15) is 0 Å². The highest BCUT2D eigenvalue weighted by Gasteiger charge is 2.33. The first kappa shape index (κ1) is 13.1. The van der Waals surface area contributed by atoms with Gasteiger partial charge in [0.1, 0.15) is 5.60 Å². The van der Waals surface area contributed by atoms with Crippen molar-refractivity contribution in [1.29, 1.82) is 0 Å². The number of benzene rings is 1. The Balaban J connectivity index is 2.16. The van der Waals surface area contributed by atoms with Gasteiger partial charge >= 0.3 is 0 Å². The van der Waals surface area contributed by atoms with Crippen LogP contribution in [0.4, 0.5) is 0 Å². The van der Waals surface area contributed by atoms with Gasteiger partial charge in [-0.25, -0.2) is 0 Å². The number of rotatable bonds is 2. The third-order valence-electron chi connectivity index (χ3n) is 3.29. The van der Waals surface area contributed by atoms with Crippen LogP contribution in [0, 0.1) is 5.41 Å². The molecular weight excluding hydrogens is 222 g/mol. The van der Waals surface area contributed by atoms with Crippen molar-refractivity contribution < 1.29 is 4.74 Å². The van der Waals surface area contributed by atoms with E-state index in [-0.39, 0.29) is 11.0 Å². The van der Waals surface area contributed by atoms with Gasteiger partial charge in [-0.05, 0) is 17.9 Å². The molecule has 0 bridgehead atoms. The van der Waals surface area contributed by atoms with Crippen molar-refractivity contribution in [1.82, 2.24) is 0 Å². The molecule has 1 unspecified atom stereocenters. The first-order valence-corrected chi connectivity index (χ1v) is 6.67. The van der Waals surface area contributed by atoms with Crippen molar-refractivity contribution in [2.45, 2.75) is 46.1 Å². The van der Waals surface area contributed by atoms with Gasteiger partial charge in [0.2, 0.25) is 0 Å². The summed E-state index contributed by atoms with van der Waals surface area (Å²) < 4.78 is 6.19. The standard InChI is InChI=1S/C16H23NO/c1-15(2,3)12-14-17-11-10-16(4,18-14)13-8-6-5-7-9-13/h5-9H,10-12H2,1-4H3. The molecule has 0 fully saturated rings. The fourth-order valence-corrected chi connectivity index (χ4v) is 2.28. The monoisotopic (exact) mass is 245 g/mol. The summed E-state index contributed by atoms with van der Waals surface area (Å²) in [5.74, 6) is 0.903. The van der Waals surface area contributed by atoms with Crippen molar-refractivity contribution in [2.24, 2.45) is 10.4 Å². The summed E-state index contributed by atoms with van der Waals surface area (Å²) in [5.41, 5.74) is 1.24. The number of hydrogen-bond acceptors (Lipinski definition) is 2. The molecule has 0 amide bonds. The normalized spacial score (nSPS) is 24.3. The van der Waals surface area contributed by atoms with E-state index in [4.69, 9.17) is 4.74 Å². The Morgan fingerprint density at radius 2 is 1.89 bits per heavy atom. The molecular formula is C16H23NO. The first-order valence-electron chi connectivity index (χ1n) is 6.67. The lowest BCUT2D eigenvalue weighted by molar-refractivity contribution is 0.0466. The molecule has 0 N–H and O–H groups in total. The summed E-state index contributed by atoms with van der Waals surface area (Å²) in [6, 6.07) is 10.5. The van der Waals surface area contributed by atoms with E-state index in [9.17, 15) is 0 Å². The van der Waals surface area contributed by atoms with E-state index in [1.54, 1.807) is 0 Å². The maximum Gasteiger partial charge on any atom is 0.184 e. The van der Waals surface area contributed by atoms with Crippen molar-refractivity contribution in [3.63, 3.8) is 0 Å². The first-order chi connectivity index (χ1) is 8.39. The van der Waals surface area contributed by atoms with Gasteiger partial charge in [-0.3, -0.25) is 4.99 Å². The van der Waals surface area contributed by atoms with Crippen LogP contribution in [0.2, 0.25) is 0 Å². The molecule has 18 heavy (non-hydrogen) atoms. The van der Waals surface area contributed by atoms with E-state index in [0.717, 1.165) is 25.3 Å². The van der Waals surface area contributed by atoms with Gasteiger partial charge in [-0.15, -0.1) is 0 Å². The molecule has 1 aromatic rings.